The summed E-state index contributed by atoms with van der Waals surface area (Å²) >= 11 is 0. The first-order valence-electron chi connectivity index (χ1n) is 10.6. The number of nitrogens with one attached hydrogen (secondary N) is 2. The fraction of sp³-hybridized carbons (Fsp3) is 0.478. The van der Waals surface area contributed by atoms with Gasteiger partial charge in [-0.1, -0.05) is 18.2 Å². The Bertz CT molecular complexity index is 832. The largest absolute Gasteiger partial charge is 0.489 e. The van der Waals surface area contributed by atoms with Crippen LogP contribution < -0.4 is 20.3 Å². The highest BCUT2D eigenvalue weighted by atomic mass is 16.5. The number of nitrogens with zero attached hydrogens (tertiary/aromatic N) is 4. The first kappa shape index (κ1) is 21.9. The van der Waals surface area contributed by atoms with Crippen LogP contribution in [0.1, 0.15) is 18.1 Å². The van der Waals surface area contributed by atoms with E-state index in [1.165, 1.54) is 11.1 Å². The molecule has 3 rings (SSSR count). The van der Waals surface area contributed by atoms with Crippen molar-refractivity contribution in [2.24, 2.45) is 4.99 Å². The van der Waals surface area contributed by atoms with Gasteiger partial charge in [0.1, 0.15) is 17.7 Å². The predicted octanol–water partition coefficient (Wildman–Crippen LogP) is 2.27. The van der Waals surface area contributed by atoms with Crippen molar-refractivity contribution < 1.29 is 4.74 Å². The second-order valence-corrected chi connectivity index (χ2v) is 7.83. The monoisotopic (exact) mass is 410 g/mol. The number of aromatic nitrogens is 1. The third kappa shape index (κ3) is 6.35. The number of likely N-dealkylation sites (N-methyl/N-ethyl adjacent to an activating group) is 1. The van der Waals surface area contributed by atoms with Crippen molar-refractivity contribution in [1.82, 2.24) is 20.5 Å². The lowest BCUT2D eigenvalue weighted by Gasteiger charge is -2.34. The molecule has 1 atom stereocenters. The molecule has 7 heteroatoms. The molecule has 2 N–H and O–H groups in total. The maximum atomic E-state index is 5.99. The van der Waals surface area contributed by atoms with Gasteiger partial charge in [-0.3, -0.25) is 4.99 Å². The van der Waals surface area contributed by atoms with Crippen LogP contribution in [0.4, 0.5) is 5.82 Å². The minimum atomic E-state index is 0.0182. The number of guanidine groups is 1. The summed E-state index contributed by atoms with van der Waals surface area (Å²) in [4.78, 5) is 13.7. The van der Waals surface area contributed by atoms with E-state index in [2.05, 4.69) is 63.4 Å². The molecule has 1 aromatic carbocycles. The van der Waals surface area contributed by atoms with Gasteiger partial charge in [0.25, 0.3) is 0 Å². The molecule has 1 saturated heterocycles. The lowest BCUT2D eigenvalue weighted by Crippen LogP contribution is -2.45. The highest BCUT2D eigenvalue weighted by Gasteiger charge is 2.18. The number of pyridine rings is 1. The molecule has 2 aromatic rings. The van der Waals surface area contributed by atoms with Crippen LogP contribution in [0.15, 0.2) is 47.6 Å². The average Bonchev–Trinajstić information content (AvgIpc) is 2.75. The van der Waals surface area contributed by atoms with Crippen LogP contribution in [0, 0.1) is 6.92 Å². The summed E-state index contributed by atoms with van der Waals surface area (Å²) in [6.07, 6.45) is 1.89. The van der Waals surface area contributed by atoms with Crippen LogP contribution in [-0.4, -0.2) is 68.8 Å². The summed E-state index contributed by atoms with van der Waals surface area (Å²) in [5.41, 5.74) is 2.37. The van der Waals surface area contributed by atoms with E-state index in [9.17, 15) is 0 Å². The number of rotatable bonds is 7. The third-order valence-corrected chi connectivity index (χ3v) is 5.22. The quantitative estimate of drug-likeness (QED) is 0.539. The molecule has 0 saturated carbocycles. The molecule has 0 spiro atoms. The Kier molecular flexibility index (Phi) is 7.90. The van der Waals surface area contributed by atoms with Crippen molar-refractivity contribution in [2.45, 2.75) is 26.5 Å². The van der Waals surface area contributed by atoms with E-state index in [-0.39, 0.29) is 6.10 Å². The number of aryl methyl sites for hydroxylation is 1. The molecule has 162 valence electrons. The van der Waals surface area contributed by atoms with Gasteiger partial charge >= 0.3 is 0 Å². The Balaban J connectivity index is 1.51. The van der Waals surface area contributed by atoms with Crippen LogP contribution in [0.2, 0.25) is 0 Å². The van der Waals surface area contributed by atoms with Gasteiger partial charge in [0.15, 0.2) is 5.96 Å². The second kappa shape index (κ2) is 10.8. The Hall–Kier alpha value is -2.80. The topological polar surface area (TPSA) is 65.0 Å². The predicted molar refractivity (Wildman–Crippen MR) is 123 cm³/mol. The molecule has 0 bridgehead atoms. The van der Waals surface area contributed by atoms with Crippen LogP contribution in [0.3, 0.4) is 0 Å². The zero-order valence-corrected chi connectivity index (χ0v) is 18.6. The molecule has 0 radical (unpaired) electrons. The molecule has 1 aliphatic heterocycles. The number of benzene rings is 1. The van der Waals surface area contributed by atoms with E-state index in [1.54, 1.807) is 7.05 Å². The van der Waals surface area contributed by atoms with E-state index in [4.69, 9.17) is 4.74 Å². The number of aliphatic imine (C=N–C) groups is 1. The molecule has 30 heavy (non-hydrogen) atoms. The highest BCUT2D eigenvalue weighted by molar-refractivity contribution is 5.79. The molecule has 1 fully saturated rings. The minimum Gasteiger partial charge on any atom is -0.489 e. The molecule has 1 aromatic heterocycles. The Morgan fingerprint density at radius 2 is 1.97 bits per heavy atom. The van der Waals surface area contributed by atoms with Crippen molar-refractivity contribution >= 4 is 11.8 Å². The molecular weight excluding hydrogens is 376 g/mol. The molecular formula is C23H34N6O. The lowest BCUT2D eigenvalue weighted by atomic mass is 10.2. The molecule has 0 amide bonds. The number of anilines is 1. The number of hydrogen-bond donors (Lipinski definition) is 2. The van der Waals surface area contributed by atoms with Gasteiger partial charge in [0, 0.05) is 51.5 Å². The fourth-order valence-electron chi connectivity index (χ4n) is 3.47. The van der Waals surface area contributed by atoms with Crippen LogP contribution in [0.5, 0.6) is 5.75 Å². The van der Waals surface area contributed by atoms with Crippen LogP contribution >= 0.6 is 0 Å². The molecule has 7 nitrogen and oxygen atoms in total. The lowest BCUT2D eigenvalue weighted by molar-refractivity contribution is 0.223. The standard InChI is InChI=1S/C23H34N6O/c1-18-7-5-9-21(15-18)30-19(2)16-26-23(24-3)27-17-20-8-6-10-25-22(20)29-13-11-28(4)12-14-29/h5-10,15,19H,11-14,16-17H2,1-4H3,(H2,24,26,27). The smallest absolute Gasteiger partial charge is 0.191 e. The summed E-state index contributed by atoms with van der Waals surface area (Å²) in [5.74, 6) is 2.70. The highest BCUT2D eigenvalue weighted by Crippen LogP contribution is 2.18. The fourth-order valence-corrected chi connectivity index (χ4v) is 3.47. The second-order valence-electron chi connectivity index (χ2n) is 7.83. The maximum Gasteiger partial charge on any atom is 0.191 e. The van der Waals surface area contributed by atoms with Crippen LogP contribution in [-0.2, 0) is 6.54 Å². The van der Waals surface area contributed by atoms with Gasteiger partial charge < -0.3 is 25.2 Å². The van der Waals surface area contributed by atoms with Crippen molar-refractivity contribution in [2.75, 3.05) is 51.7 Å². The van der Waals surface area contributed by atoms with E-state index >= 15 is 0 Å². The summed E-state index contributed by atoms with van der Waals surface area (Å²) in [6, 6.07) is 12.2. The van der Waals surface area contributed by atoms with E-state index in [0.29, 0.717) is 13.1 Å². The van der Waals surface area contributed by atoms with Crippen molar-refractivity contribution in [3.05, 3.63) is 53.7 Å². The normalized spacial score (nSPS) is 16.3. The molecule has 0 aliphatic carbocycles. The SMILES string of the molecule is CN=C(NCc1cccnc1N1CCN(C)CC1)NCC(C)Oc1cccc(C)c1. The summed E-state index contributed by atoms with van der Waals surface area (Å²) in [6.45, 7) is 9.57. The maximum absolute atomic E-state index is 5.99. The first-order chi connectivity index (χ1) is 14.5. The summed E-state index contributed by atoms with van der Waals surface area (Å²) in [5, 5.41) is 6.76. The molecule has 2 heterocycles. The van der Waals surface area contributed by atoms with E-state index in [0.717, 1.165) is 43.7 Å². The van der Waals surface area contributed by atoms with Gasteiger partial charge in [0.05, 0.1) is 6.54 Å². The van der Waals surface area contributed by atoms with Gasteiger partial charge in [-0.05, 0) is 44.7 Å². The zero-order chi connectivity index (χ0) is 21.3. The number of piperazine rings is 1. The van der Waals surface area contributed by atoms with Crippen molar-refractivity contribution in [1.29, 1.82) is 0 Å². The van der Waals surface area contributed by atoms with Crippen LogP contribution in [0.25, 0.3) is 0 Å². The Morgan fingerprint density at radius 3 is 2.70 bits per heavy atom. The molecule has 1 unspecified atom stereocenters. The Morgan fingerprint density at radius 1 is 1.17 bits per heavy atom. The van der Waals surface area contributed by atoms with Gasteiger partial charge in [-0.25, -0.2) is 4.98 Å². The number of hydrogen-bond acceptors (Lipinski definition) is 5. The Labute approximate surface area is 180 Å². The summed E-state index contributed by atoms with van der Waals surface area (Å²) < 4.78 is 5.99. The van der Waals surface area contributed by atoms with Crippen molar-refractivity contribution in [3.63, 3.8) is 0 Å². The average molecular weight is 411 g/mol. The summed E-state index contributed by atoms with van der Waals surface area (Å²) in [7, 11) is 3.95. The zero-order valence-electron chi connectivity index (χ0n) is 18.6. The van der Waals surface area contributed by atoms with Crippen molar-refractivity contribution in [3.8, 4) is 5.75 Å². The van der Waals surface area contributed by atoms with Gasteiger partial charge in [0.2, 0.25) is 0 Å². The number of ether oxygens (including phenoxy) is 1. The van der Waals surface area contributed by atoms with Gasteiger partial charge in [-0.2, -0.15) is 0 Å². The first-order valence-corrected chi connectivity index (χ1v) is 10.6. The molecule has 1 aliphatic rings. The van der Waals surface area contributed by atoms with Gasteiger partial charge in [-0.15, -0.1) is 0 Å². The third-order valence-electron chi connectivity index (χ3n) is 5.22. The minimum absolute atomic E-state index is 0.0182. The van der Waals surface area contributed by atoms with E-state index in [1.807, 2.05) is 30.5 Å². The van der Waals surface area contributed by atoms with E-state index < -0.39 is 0 Å².